The van der Waals surface area contributed by atoms with E-state index in [1.165, 1.54) is 20.8 Å². The van der Waals surface area contributed by atoms with E-state index in [1.807, 2.05) is 0 Å². The molecule has 0 fully saturated rings. The van der Waals surface area contributed by atoms with Crippen molar-refractivity contribution in [2.75, 3.05) is 0 Å². The van der Waals surface area contributed by atoms with Crippen LogP contribution in [0, 0.1) is 0 Å². The second kappa shape index (κ2) is 3.78. The van der Waals surface area contributed by atoms with Gasteiger partial charge < -0.3 is 4.74 Å². The van der Waals surface area contributed by atoms with Gasteiger partial charge in [0, 0.05) is 6.92 Å². The lowest BCUT2D eigenvalue weighted by Crippen LogP contribution is -2.09. The monoisotopic (exact) mass is 196 g/mol. The van der Waals surface area contributed by atoms with E-state index in [1.54, 1.807) is 24.3 Å². The molecule has 0 aliphatic rings. The Bertz CT molecular complexity index is 322. The summed E-state index contributed by atoms with van der Waals surface area (Å²) in [5, 5.41) is 0. The number of hydrogen-bond donors (Lipinski definition) is 0. The zero-order valence-electron chi connectivity index (χ0n) is 8.50. The maximum atomic E-state index is 13.4. The van der Waals surface area contributed by atoms with Crippen molar-refractivity contribution in [3.05, 3.63) is 29.8 Å². The highest BCUT2D eigenvalue weighted by Crippen LogP contribution is 2.26. The molecule has 0 saturated carbocycles. The maximum Gasteiger partial charge on any atom is 0.308 e. The first-order valence-corrected chi connectivity index (χ1v) is 4.37. The number of alkyl halides is 1. The quantitative estimate of drug-likeness (QED) is 0.537. The number of esters is 1. The van der Waals surface area contributed by atoms with Crippen LogP contribution in [0.15, 0.2) is 24.3 Å². The van der Waals surface area contributed by atoms with Gasteiger partial charge in [-0.05, 0) is 31.5 Å². The van der Waals surface area contributed by atoms with Gasteiger partial charge in [-0.25, -0.2) is 4.39 Å². The van der Waals surface area contributed by atoms with Gasteiger partial charge in [0.1, 0.15) is 11.4 Å². The first-order chi connectivity index (χ1) is 6.39. The molecule has 1 aromatic rings. The highest BCUT2D eigenvalue weighted by molar-refractivity contribution is 5.69. The van der Waals surface area contributed by atoms with Crippen molar-refractivity contribution in [3.63, 3.8) is 0 Å². The molecule has 0 spiro atoms. The van der Waals surface area contributed by atoms with Crippen LogP contribution in [0.5, 0.6) is 5.75 Å². The van der Waals surface area contributed by atoms with E-state index in [4.69, 9.17) is 4.74 Å². The van der Waals surface area contributed by atoms with Crippen LogP contribution in [0.3, 0.4) is 0 Å². The zero-order valence-corrected chi connectivity index (χ0v) is 8.50. The highest BCUT2D eigenvalue weighted by Gasteiger charge is 2.18. The van der Waals surface area contributed by atoms with E-state index < -0.39 is 5.67 Å². The molecule has 1 aromatic carbocycles. The molecule has 0 aliphatic carbocycles. The first kappa shape index (κ1) is 10.7. The van der Waals surface area contributed by atoms with Crippen molar-refractivity contribution in [3.8, 4) is 5.75 Å². The molecule has 2 nitrogen and oxygen atoms in total. The molecule has 0 heterocycles. The van der Waals surface area contributed by atoms with Crippen LogP contribution in [-0.2, 0) is 10.5 Å². The molecule has 1 rings (SSSR count). The number of benzene rings is 1. The van der Waals surface area contributed by atoms with E-state index >= 15 is 0 Å². The van der Waals surface area contributed by atoms with Crippen molar-refractivity contribution in [2.45, 2.75) is 26.4 Å². The van der Waals surface area contributed by atoms with Gasteiger partial charge in [-0.15, -0.1) is 0 Å². The lowest BCUT2D eigenvalue weighted by atomic mass is 10.0. The number of carbonyl (C=O) groups is 1. The Morgan fingerprint density at radius 1 is 1.29 bits per heavy atom. The summed E-state index contributed by atoms with van der Waals surface area (Å²) in [6, 6.07) is 6.38. The molecule has 0 unspecified atom stereocenters. The minimum Gasteiger partial charge on any atom is -0.427 e. The fourth-order valence-electron chi connectivity index (χ4n) is 1.09. The number of hydrogen-bond acceptors (Lipinski definition) is 2. The molecule has 0 atom stereocenters. The predicted octanol–water partition coefficient (Wildman–Crippen LogP) is 2.82. The first-order valence-electron chi connectivity index (χ1n) is 4.37. The number of carbonyl (C=O) groups excluding carboxylic acids is 1. The molecule has 0 radical (unpaired) electrons. The van der Waals surface area contributed by atoms with Crippen molar-refractivity contribution >= 4 is 5.97 Å². The molecule has 0 N–H and O–H groups in total. The standard InChI is InChI=1S/C11H13FO2/c1-8(13)14-10-6-4-9(5-7-10)11(2,3)12/h4-7H,1-3H3. The molecule has 3 heteroatoms. The normalized spacial score (nSPS) is 11.1. The summed E-state index contributed by atoms with van der Waals surface area (Å²) in [6.45, 7) is 4.29. The lowest BCUT2D eigenvalue weighted by Gasteiger charge is -2.14. The fraction of sp³-hybridized carbons (Fsp3) is 0.364. The summed E-state index contributed by atoms with van der Waals surface area (Å²) < 4.78 is 18.2. The van der Waals surface area contributed by atoms with Crippen molar-refractivity contribution < 1.29 is 13.9 Å². The van der Waals surface area contributed by atoms with Crippen LogP contribution in [-0.4, -0.2) is 5.97 Å². The third-order valence-electron chi connectivity index (χ3n) is 1.80. The van der Waals surface area contributed by atoms with Crippen molar-refractivity contribution in [2.24, 2.45) is 0 Å². The summed E-state index contributed by atoms with van der Waals surface area (Å²) in [4.78, 5) is 10.6. The van der Waals surface area contributed by atoms with Gasteiger partial charge >= 0.3 is 5.97 Å². The highest BCUT2D eigenvalue weighted by atomic mass is 19.1. The van der Waals surface area contributed by atoms with Gasteiger partial charge in [-0.1, -0.05) is 12.1 Å². The summed E-state index contributed by atoms with van der Waals surface area (Å²) in [5.74, 6) is 0.0581. The van der Waals surface area contributed by atoms with Gasteiger partial charge in [0.2, 0.25) is 0 Å². The van der Waals surface area contributed by atoms with Crippen molar-refractivity contribution in [1.29, 1.82) is 0 Å². The fourth-order valence-corrected chi connectivity index (χ4v) is 1.09. The van der Waals surface area contributed by atoms with E-state index in [0.29, 0.717) is 11.3 Å². The van der Waals surface area contributed by atoms with Gasteiger partial charge in [-0.3, -0.25) is 4.79 Å². The zero-order chi connectivity index (χ0) is 10.8. The van der Waals surface area contributed by atoms with Gasteiger partial charge in [0.15, 0.2) is 0 Å². The maximum absolute atomic E-state index is 13.4. The largest absolute Gasteiger partial charge is 0.427 e. The Hall–Kier alpha value is -1.38. The second-order valence-corrected chi connectivity index (χ2v) is 3.59. The Morgan fingerprint density at radius 2 is 1.79 bits per heavy atom. The summed E-state index contributed by atoms with van der Waals surface area (Å²) in [7, 11) is 0. The molecular weight excluding hydrogens is 183 g/mol. The minimum atomic E-state index is -1.37. The van der Waals surface area contributed by atoms with E-state index in [2.05, 4.69) is 0 Å². The molecule has 0 amide bonds. The van der Waals surface area contributed by atoms with Gasteiger partial charge in [0.25, 0.3) is 0 Å². The van der Waals surface area contributed by atoms with Crippen LogP contribution in [0.25, 0.3) is 0 Å². The third-order valence-corrected chi connectivity index (χ3v) is 1.80. The number of rotatable bonds is 2. The molecule has 0 saturated heterocycles. The van der Waals surface area contributed by atoms with Crippen molar-refractivity contribution in [1.82, 2.24) is 0 Å². The van der Waals surface area contributed by atoms with Gasteiger partial charge in [-0.2, -0.15) is 0 Å². The Kier molecular flexibility index (Phi) is 2.89. The van der Waals surface area contributed by atoms with Crippen LogP contribution in [0.4, 0.5) is 4.39 Å². The van der Waals surface area contributed by atoms with Crippen LogP contribution >= 0.6 is 0 Å². The average molecular weight is 196 g/mol. The van der Waals surface area contributed by atoms with E-state index in [0.717, 1.165) is 0 Å². The number of halogens is 1. The smallest absolute Gasteiger partial charge is 0.308 e. The molecular formula is C11H13FO2. The average Bonchev–Trinajstić information content (AvgIpc) is 2.02. The molecule has 0 bridgehead atoms. The van der Waals surface area contributed by atoms with Crippen LogP contribution in [0.1, 0.15) is 26.3 Å². The molecule has 0 aliphatic heterocycles. The summed E-state index contributed by atoms with van der Waals surface area (Å²) in [6.07, 6.45) is 0. The van der Waals surface area contributed by atoms with Crippen LogP contribution < -0.4 is 4.74 Å². The lowest BCUT2D eigenvalue weighted by molar-refractivity contribution is -0.131. The van der Waals surface area contributed by atoms with Gasteiger partial charge in [0.05, 0.1) is 0 Å². The molecule has 76 valence electrons. The molecule has 0 aromatic heterocycles. The summed E-state index contributed by atoms with van der Waals surface area (Å²) >= 11 is 0. The topological polar surface area (TPSA) is 26.3 Å². The Morgan fingerprint density at radius 3 is 2.14 bits per heavy atom. The Labute approximate surface area is 82.7 Å². The van der Waals surface area contributed by atoms with Crippen LogP contribution in [0.2, 0.25) is 0 Å². The van der Waals surface area contributed by atoms with E-state index in [-0.39, 0.29) is 5.97 Å². The minimum absolute atomic E-state index is 0.378. The third kappa shape index (κ3) is 2.83. The number of ether oxygens (including phenoxy) is 1. The SMILES string of the molecule is CC(=O)Oc1ccc(C(C)(C)F)cc1. The predicted molar refractivity (Wildman–Crippen MR) is 51.9 cm³/mol. The van der Waals surface area contributed by atoms with E-state index in [9.17, 15) is 9.18 Å². The second-order valence-electron chi connectivity index (χ2n) is 3.59. The summed E-state index contributed by atoms with van der Waals surface area (Å²) in [5.41, 5.74) is -0.803. The Balaban J connectivity index is 2.84. The molecule has 14 heavy (non-hydrogen) atoms.